The molecule has 1 aromatic heterocycles. The number of unbranched alkanes of at least 4 members (excludes halogenated alkanes) is 2. The Morgan fingerprint density at radius 3 is 1.82 bits per heavy atom. The van der Waals surface area contributed by atoms with Gasteiger partial charge in [-0.25, -0.2) is 0 Å². The maximum absolute atomic E-state index is 13.1. The van der Waals surface area contributed by atoms with Gasteiger partial charge in [0.05, 0.1) is 29.6 Å². The minimum atomic E-state index is -0.552. The molecule has 0 amide bonds. The number of non-ortho nitro benzene ring substituents is 2. The molecule has 5 aromatic rings. The molecule has 0 saturated carbocycles. The van der Waals surface area contributed by atoms with Crippen LogP contribution in [0, 0.1) is 20.2 Å². The number of benzene rings is 4. The Morgan fingerprint density at radius 2 is 1.29 bits per heavy atom. The van der Waals surface area contributed by atoms with E-state index in [4.69, 9.17) is 18.6 Å². The fraction of sp³-hybridized carbons (Fsp3) is 0.275. The zero-order valence-electron chi connectivity index (χ0n) is 31.1. The van der Waals surface area contributed by atoms with Crippen LogP contribution >= 0.6 is 40.0 Å². The Balaban J connectivity index is 0.000000281. The summed E-state index contributed by atoms with van der Waals surface area (Å²) in [6.45, 7) is 4.01. The summed E-state index contributed by atoms with van der Waals surface area (Å²) in [6.07, 6.45) is 4.09. The van der Waals surface area contributed by atoms with Crippen molar-refractivity contribution in [2.24, 2.45) is 0 Å². The van der Waals surface area contributed by atoms with Crippen LogP contribution in [-0.4, -0.2) is 41.6 Å². The number of carbonyl (C=O) groups excluding carboxylic acids is 3. The number of halogens is 2. The summed E-state index contributed by atoms with van der Waals surface area (Å²) in [5.74, 6) is 1.13. The number of ether oxygens (including phenoxy) is 3. The molecule has 0 aliphatic rings. The molecule has 0 spiro atoms. The maximum atomic E-state index is 13.1. The summed E-state index contributed by atoms with van der Waals surface area (Å²) in [6, 6.07) is 21.6. The van der Waals surface area contributed by atoms with Crippen molar-refractivity contribution in [2.75, 3.05) is 14.2 Å². The number of nitrogens with zero attached hydrogens (tertiary/aromatic N) is 2. The summed E-state index contributed by atoms with van der Waals surface area (Å²) in [5.41, 5.74) is 1.88. The van der Waals surface area contributed by atoms with Crippen LogP contribution < -0.4 is 14.2 Å². The molecule has 0 aliphatic carbocycles. The van der Waals surface area contributed by atoms with Crippen LogP contribution in [-0.2, 0) is 27.1 Å². The minimum absolute atomic E-state index is 0.0656. The Labute approximate surface area is 353 Å². The van der Waals surface area contributed by atoms with Gasteiger partial charge in [0, 0.05) is 65.6 Å². The number of hydrogen-bond donors (Lipinski definition) is 0. The third kappa shape index (κ3) is 13.4. The molecular formula is C40H40I2N2O11V. The first kappa shape index (κ1) is 46.1. The first-order valence-corrected chi connectivity index (χ1v) is 26.4. The van der Waals surface area contributed by atoms with E-state index in [0.717, 1.165) is 19.3 Å². The van der Waals surface area contributed by atoms with Crippen molar-refractivity contribution in [2.45, 2.75) is 58.8 Å². The summed E-state index contributed by atoms with van der Waals surface area (Å²) in [4.78, 5) is 58.7. The number of rotatable bonds is 16. The molecule has 0 bridgehead atoms. The Hall–Kier alpha value is -4.33. The quantitative estimate of drug-likeness (QED) is 0.0229. The van der Waals surface area contributed by atoms with Gasteiger partial charge >= 0.3 is 55.4 Å². The fourth-order valence-corrected chi connectivity index (χ4v) is 5.36. The van der Waals surface area contributed by atoms with Crippen LogP contribution in [0.1, 0.15) is 83.6 Å². The molecular weight excluding hydrogens is 989 g/mol. The van der Waals surface area contributed by atoms with E-state index >= 15 is 0 Å². The number of hydrogen-bond acceptors (Lipinski definition) is 11. The van der Waals surface area contributed by atoms with Crippen molar-refractivity contribution in [3.05, 3.63) is 133 Å². The van der Waals surface area contributed by atoms with E-state index in [-0.39, 0.29) is 41.5 Å². The number of methoxy groups -OCH3 is 2. The molecule has 0 saturated heterocycles. The monoisotopic (exact) mass is 1030 g/mol. The van der Waals surface area contributed by atoms with Crippen molar-refractivity contribution in [3.8, 4) is 17.2 Å². The summed E-state index contributed by atoms with van der Waals surface area (Å²) >= 11 is 4.74. The van der Waals surface area contributed by atoms with Crippen LogP contribution in [0.3, 0.4) is 0 Å². The molecule has 0 N–H and O–H groups in total. The van der Waals surface area contributed by atoms with E-state index in [1.807, 2.05) is 6.92 Å². The molecule has 0 radical (unpaired) electrons. The van der Waals surface area contributed by atoms with E-state index in [9.17, 15) is 34.6 Å². The van der Waals surface area contributed by atoms with E-state index in [1.54, 1.807) is 61.7 Å². The summed E-state index contributed by atoms with van der Waals surface area (Å²) in [7, 11) is 3.71. The van der Waals surface area contributed by atoms with Gasteiger partial charge in [-0.3, -0.25) is 34.6 Å². The zero-order valence-corrected chi connectivity index (χ0v) is 36.8. The predicted molar refractivity (Wildman–Crippen MR) is 225 cm³/mol. The molecule has 5 rings (SSSR count). The Bertz CT molecular complexity index is 2120. The SMILES string of the molecule is CCCCC(=O)Oc1ccc([N+](=O)[O-])cc1CC(=O)c1ccc(OC)cc1.CCCCc1oc2ccc([N+](=O)[O-])cc2c1C(=O)c1ccc(OC)cc1.[I][V][I]. The second-order valence-electron chi connectivity index (χ2n) is 12.0. The predicted octanol–water partition coefficient (Wildman–Crippen LogP) is 10.8. The van der Waals surface area contributed by atoms with E-state index in [1.165, 1.54) is 37.4 Å². The number of esters is 1. The molecule has 13 nitrogen and oxygen atoms in total. The van der Waals surface area contributed by atoms with Gasteiger partial charge in [0.1, 0.15) is 28.6 Å². The standard InChI is InChI=1S/C20H21NO6.C20H19NO5.2HI.V/c1-3-4-5-20(23)27-19-11-8-16(21(24)25)12-15(19)13-18(22)14-6-9-17(26-2)10-7-14;1-3-4-5-18-19(20(22)13-6-9-15(25-2)10-7-13)16-12-14(21(23)24)8-11-17(16)26-18;;;/h6-12H,3-5,13H2,1-2H3;6-12H,3-5H2,1-2H3;2*1H;/q;;;;+2/p-2. The van der Waals surface area contributed by atoms with Gasteiger partial charge in [0.2, 0.25) is 0 Å². The molecule has 0 unspecified atom stereocenters. The number of nitro benzene ring substituents is 2. The number of ketones is 2. The van der Waals surface area contributed by atoms with Crippen molar-refractivity contribution < 1.29 is 52.3 Å². The zero-order chi connectivity index (χ0) is 41.2. The third-order valence-electron chi connectivity index (χ3n) is 8.27. The number of carbonyl (C=O) groups is 3. The molecule has 1 heterocycles. The molecule has 0 fully saturated rings. The van der Waals surface area contributed by atoms with Crippen LogP contribution in [0.2, 0.25) is 0 Å². The van der Waals surface area contributed by atoms with Gasteiger partial charge in [-0.05, 0) is 73.5 Å². The molecule has 16 heteroatoms. The van der Waals surface area contributed by atoms with E-state index in [2.05, 4.69) is 46.9 Å². The fourth-order valence-electron chi connectivity index (χ4n) is 5.36. The average molecular weight is 1030 g/mol. The van der Waals surface area contributed by atoms with Crippen LogP contribution in [0.15, 0.2) is 89.3 Å². The Morgan fingerprint density at radius 1 is 0.750 bits per heavy atom. The normalized spacial score (nSPS) is 10.2. The van der Waals surface area contributed by atoms with Crippen LogP contribution in [0.25, 0.3) is 11.0 Å². The molecule has 295 valence electrons. The van der Waals surface area contributed by atoms with Gasteiger partial charge in [-0.15, -0.1) is 0 Å². The van der Waals surface area contributed by atoms with Crippen molar-refractivity contribution >= 4 is 79.8 Å². The first-order valence-electron chi connectivity index (χ1n) is 17.4. The van der Waals surface area contributed by atoms with Gasteiger partial charge in [0.15, 0.2) is 11.6 Å². The van der Waals surface area contributed by atoms with Crippen LogP contribution in [0.5, 0.6) is 17.2 Å². The van der Waals surface area contributed by atoms with Crippen molar-refractivity contribution in [1.82, 2.24) is 0 Å². The number of fused-ring (bicyclic) bond motifs is 1. The van der Waals surface area contributed by atoms with Crippen molar-refractivity contribution in [1.29, 1.82) is 0 Å². The molecule has 0 atom stereocenters. The van der Waals surface area contributed by atoms with Crippen LogP contribution in [0.4, 0.5) is 11.4 Å². The topological polar surface area (TPSA) is 178 Å². The first-order chi connectivity index (χ1) is 26.9. The van der Waals surface area contributed by atoms with E-state index < -0.39 is 15.8 Å². The number of Topliss-reactive ketones (excluding diaryl/α,β-unsaturated/α-hetero) is 1. The Kier molecular flexibility index (Phi) is 19.5. The van der Waals surface area contributed by atoms with Gasteiger partial charge in [-0.2, -0.15) is 0 Å². The second kappa shape index (κ2) is 23.7. The van der Waals surface area contributed by atoms with Gasteiger partial charge < -0.3 is 18.6 Å². The van der Waals surface area contributed by atoms with Gasteiger partial charge in [-0.1, -0.05) is 26.7 Å². The molecule has 4 aromatic carbocycles. The molecule has 0 aliphatic heterocycles. The van der Waals surface area contributed by atoms with Crippen molar-refractivity contribution in [3.63, 3.8) is 0 Å². The third-order valence-corrected chi connectivity index (χ3v) is 8.27. The van der Waals surface area contributed by atoms with E-state index in [0.29, 0.717) is 72.8 Å². The second-order valence-corrected chi connectivity index (χ2v) is 23.8. The summed E-state index contributed by atoms with van der Waals surface area (Å²) < 4.78 is 21.4. The number of furan rings is 1. The molecule has 56 heavy (non-hydrogen) atoms. The average Bonchev–Trinajstić information content (AvgIpc) is 3.57. The number of nitro groups is 2. The number of aryl methyl sites for hydroxylation is 1. The van der Waals surface area contributed by atoms with Gasteiger partial charge in [0.25, 0.3) is 11.4 Å². The summed E-state index contributed by atoms with van der Waals surface area (Å²) in [5, 5.41) is 22.7.